The van der Waals surface area contributed by atoms with E-state index in [1.807, 2.05) is 24.3 Å². The molecule has 0 atom stereocenters. The summed E-state index contributed by atoms with van der Waals surface area (Å²) < 4.78 is 10.4. The van der Waals surface area contributed by atoms with Crippen LogP contribution in [0, 0.1) is 6.92 Å². The predicted octanol–water partition coefficient (Wildman–Crippen LogP) is 2.70. The van der Waals surface area contributed by atoms with E-state index in [4.69, 9.17) is 15.0 Å². The summed E-state index contributed by atoms with van der Waals surface area (Å²) in [6, 6.07) is 9.33. The van der Waals surface area contributed by atoms with Gasteiger partial charge in [0, 0.05) is 18.1 Å². The standard InChI is InChI=1S/C15H14N4O2/c1-9-18-15(19-21-9)10-3-5-12(14(7-10)20-2)13-6-4-11(16)8-17-13/h3-8H,16H2,1-2H3. The summed E-state index contributed by atoms with van der Waals surface area (Å²) in [5.74, 6) is 1.74. The van der Waals surface area contributed by atoms with E-state index in [0.29, 0.717) is 23.2 Å². The smallest absolute Gasteiger partial charge is 0.223 e. The number of aromatic nitrogens is 3. The summed E-state index contributed by atoms with van der Waals surface area (Å²) >= 11 is 0. The number of hydrogen-bond acceptors (Lipinski definition) is 6. The Morgan fingerprint density at radius 1 is 1.19 bits per heavy atom. The molecule has 0 radical (unpaired) electrons. The Labute approximate surface area is 121 Å². The molecule has 6 nitrogen and oxygen atoms in total. The van der Waals surface area contributed by atoms with Gasteiger partial charge in [0.05, 0.1) is 24.7 Å². The number of anilines is 1. The first-order valence-electron chi connectivity index (χ1n) is 6.38. The topological polar surface area (TPSA) is 87.1 Å². The van der Waals surface area contributed by atoms with Crippen LogP contribution in [0.4, 0.5) is 5.69 Å². The lowest BCUT2D eigenvalue weighted by Crippen LogP contribution is -1.93. The Hall–Kier alpha value is -2.89. The number of nitrogens with zero attached hydrogens (tertiary/aromatic N) is 3. The van der Waals surface area contributed by atoms with Crippen LogP contribution >= 0.6 is 0 Å². The van der Waals surface area contributed by atoms with Crippen molar-refractivity contribution in [3.8, 4) is 28.4 Å². The first-order valence-corrected chi connectivity index (χ1v) is 6.38. The average molecular weight is 282 g/mol. The number of methoxy groups -OCH3 is 1. The molecule has 0 fully saturated rings. The Kier molecular flexibility index (Phi) is 3.27. The Morgan fingerprint density at radius 3 is 2.67 bits per heavy atom. The van der Waals surface area contributed by atoms with Gasteiger partial charge in [-0.05, 0) is 24.3 Å². The van der Waals surface area contributed by atoms with E-state index >= 15 is 0 Å². The number of nitrogens with two attached hydrogens (primary N) is 1. The minimum absolute atomic E-state index is 0.522. The highest BCUT2D eigenvalue weighted by molar-refractivity contribution is 5.72. The molecule has 0 amide bonds. The molecule has 2 heterocycles. The Balaban J connectivity index is 2.05. The SMILES string of the molecule is COc1cc(-c2noc(C)n2)ccc1-c1ccc(N)cn1. The highest BCUT2D eigenvalue weighted by Crippen LogP contribution is 2.32. The second kappa shape index (κ2) is 5.24. The number of nitrogen functional groups attached to an aromatic ring is 1. The average Bonchev–Trinajstić information content (AvgIpc) is 2.94. The first kappa shape index (κ1) is 13.1. The molecule has 2 N–H and O–H groups in total. The van der Waals surface area contributed by atoms with E-state index in [0.717, 1.165) is 16.8 Å². The number of ether oxygens (including phenoxy) is 1. The fourth-order valence-electron chi connectivity index (χ4n) is 2.02. The molecular weight excluding hydrogens is 268 g/mol. The molecule has 21 heavy (non-hydrogen) atoms. The molecule has 3 rings (SSSR count). The van der Waals surface area contributed by atoms with Crippen LogP contribution in [0.1, 0.15) is 5.89 Å². The summed E-state index contributed by atoms with van der Waals surface area (Å²) in [5, 5.41) is 3.90. The van der Waals surface area contributed by atoms with Gasteiger partial charge in [-0.25, -0.2) is 0 Å². The third-order valence-corrected chi connectivity index (χ3v) is 3.05. The molecule has 0 saturated heterocycles. The van der Waals surface area contributed by atoms with Crippen molar-refractivity contribution in [2.75, 3.05) is 12.8 Å². The monoisotopic (exact) mass is 282 g/mol. The van der Waals surface area contributed by atoms with Crippen LogP contribution in [0.5, 0.6) is 5.75 Å². The van der Waals surface area contributed by atoms with Crippen molar-refractivity contribution in [2.24, 2.45) is 0 Å². The van der Waals surface area contributed by atoms with Gasteiger partial charge >= 0.3 is 0 Å². The zero-order chi connectivity index (χ0) is 14.8. The Morgan fingerprint density at radius 2 is 2.05 bits per heavy atom. The zero-order valence-electron chi connectivity index (χ0n) is 11.7. The van der Waals surface area contributed by atoms with Gasteiger partial charge in [0.15, 0.2) is 0 Å². The highest BCUT2D eigenvalue weighted by atomic mass is 16.5. The number of aryl methyl sites for hydroxylation is 1. The molecule has 0 spiro atoms. The van der Waals surface area contributed by atoms with Gasteiger partial charge in [0.25, 0.3) is 0 Å². The summed E-state index contributed by atoms with van der Waals surface area (Å²) in [5.41, 5.74) is 8.77. The van der Waals surface area contributed by atoms with Gasteiger partial charge in [-0.2, -0.15) is 4.98 Å². The van der Waals surface area contributed by atoms with E-state index in [-0.39, 0.29) is 0 Å². The van der Waals surface area contributed by atoms with E-state index in [1.165, 1.54) is 0 Å². The molecule has 0 unspecified atom stereocenters. The molecule has 0 aliphatic heterocycles. The molecular formula is C15H14N4O2. The Bertz CT molecular complexity index is 766. The quantitative estimate of drug-likeness (QED) is 0.794. The van der Waals surface area contributed by atoms with Gasteiger partial charge in [-0.15, -0.1) is 0 Å². The lowest BCUT2D eigenvalue weighted by atomic mass is 10.1. The van der Waals surface area contributed by atoms with Crippen LogP contribution in [0.15, 0.2) is 41.1 Å². The van der Waals surface area contributed by atoms with E-state index in [1.54, 1.807) is 26.3 Å². The maximum atomic E-state index is 5.66. The summed E-state index contributed by atoms with van der Waals surface area (Å²) in [7, 11) is 1.61. The molecule has 3 aromatic rings. The van der Waals surface area contributed by atoms with Crippen molar-refractivity contribution >= 4 is 5.69 Å². The summed E-state index contributed by atoms with van der Waals surface area (Å²) in [6.45, 7) is 1.75. The maximum Gasteiger partial charge on any atom is 0.223 e. The van der Waals surface area contributed by atoms with Crippen LogP contribution in [-0.4, -0.2) is 22.2 Å². The molecule has 0 bridgehead atoms. The normalized spacial score (nSPS) is 10.6. The van der Waals surface area contributed by atoms with E-state index < -0.39 is 0 Å². The molecule has 0 saturated carbocycles. The summed E-state index contributed by atoms with van der Waals surface area (Å²) in [6.07, 6.45) is 1.62. The molecule has 106 valence electrons. The minimum atomic E-state index is 0.522. The largest absolute Gasteiger partial charge is 0.496 e. The zero-order valence-corrected chi connectivity index (χ0v) is 11.7. The van der Waals surface area contributed by atoms with Crippen molar-refractivity contribution < 1.29 is 9.26 Å². The van der Waals surface area contributed by atoms with Crippen molar-refractivity contribution in [2.45, 2.75) is 6.92 Å². The van der Waals surface area contributed by atoms with Crippen molar-refractivity contribution in [3.63, 3.8) is 0 Å². The number of rotatable bonds is 3. The lowest BCUT2D eigenvalue weighted by molar-refractivity contribution is 0.394. The van der Waals surface area contributed by atoms with Gasteiger partial charge in [0.1, 0.15) is 5.75 Å². The second-order valence-corrected chi connectivity index (χ2v) is 4.53. The molecule has 2 aromatic heterocycles. The first-order chi connectivity index (χ1) is 10.2. The van der Waals surface area contributed by atoms with Crippen LogP contribution in [0.2, 0.25) is 0 Å². The second-order valence-electron chi connectivity index (χ2n) is 4.53. The summed E-state index contributed by atoms with van der Waals surface area (Å²) in [4.78, 5) is 8.51. The van der Waals surface area contributed by atoms with Crippen LogP contribution < -0.4 is 10.5 Å². The molecule has 0 aliphatic carbocycles. The number of pyridine rings is 1. The van der Waals surface area contributed by atoms with Crippen molar-refractivity contribution in [3.05, 3.63) is 42.4 Å². The van der Waals surface area contributed by atoms with Gasteiger partial charge in [0.2, 0.25) is 11.7 Å². The maximum absolute atomic E-state index is 5.66. The molecule has 1 aromatic carbocycles. The highest BCUT2D eigenvalue weighted by Gasteiger charge is 2.12. The van der Waals surface area contributed by atoms with E-state index in [2.05, 4.69) is 15.1 Å². The third-order valence-electron chi connectivity index (χ3n) is 3.05. The van der Waals surface area contributed by atoms with Gasteiger partial charge in [-0.3, -0.25) is 4.98 Å². The lowest BCUT2D eigenvalue weighted by Gasteiger charge is -2.09. The minimum Gasteiger partial charge on any atom is -0.496 e. The van der Waals surface area contributed by atoms with Crippen LogP contribution in [0.25, 0.3) is 22.6 Å². The fraction of sp³-hybridized carbons (Fsp3) is 0.133. The number of hydrogen-bond donors (Lipinski definition) is 1. The molecule has 6 heteroatoms. The fourth-order valence-corrected chi connectivity index (χ4v) is 2.02. The third kappa shape index (κ3) is 2.55. The molecule has 0 aliphatic rings. The predicted molar refractivity (Wildman–Crippen MR) is 78.7 cm³/mol. The van der Waals surface area contributed by atoms with Crippen LogP contribution in [0.3, 0.4) is 0 Å². The number of benzene rings is 1. The van der Waals surface area contributed by atoms with E-state index in [9.17, 15) is 0 Å². The van der Waals surface area contributed by atoms with Crippen molar-refractivity contribution in [1.82, 2.24) is 15.1 Å². The van der Waals surface area contributed by atoms with Crippen molar-refractivity contribution in [1.29, 1.82) is 0 Å². The van der Waals surface area contributed by atoms with Gasteiger partial charge in [-0.1, -0.05) is 11.2 Å². The van der Waals surface area contributed by atoms with Crippen LogP contribution in [-0.2, 0) is 0 Å². The van der Waals surface area contributed by atoms with Gasteiger partial charge < -0.3 is 15.0 Å².